The lowest BCUT2D eigenvalue weighted by Gasteiger charge is -2.26. The van der Waals surface area contributed by atoms with Crippen molar-refractivity contribution in [2.24, 2.45) is 0 Å². The average molecular weight is 385 g/mol. The maximum Gasteiger partial charge on any atom is 0.243 e. The topological polar surface area (TPSA) is 104 Å². The molecule has 0 radical (unpaired) electrons. The van der Waals surface area contributed by atoms with Crippen molar-refractivity contribution in [2.45, 2.75) is 11.3 Å². The number of benzene rings is 1. The molecule has 25 heavy (non-hydrogen) atoms. The molecule has 10 heteroatoms. The molecule has 0 bridgehead atoms. The van der Waals surface area contributed by atoms with Crippen molar-refractivity contribution in [2.75, 3.05) is 31.6 Å². The molecule has 0 spiro atoms. The number of halogens is 1. The maximum absolute atomic E-state index is 12.7. The summed E-state index contributed by atoms with van der Waals surface area (Å²) in [6.07, 6.45) is 1.63. The number of anilines is 1. The summed E-state index contributed by atoms with van der Waals surface area (Å²) in [5.41, 5.74) is 0.895. The van der Waals surface area contributed by atoms with Gasteiger partial charge in [0.15, 0.2) is 0 Å². The second-order valence-electron chi connectivity index (χ2n) is 5.46. The molecule has 3 rings (SSSR count). The van der Waals surface area contributed by atoms with Crippen molar-refractivity contribution < 1.29 is 17.9 Å². The van der Waals surface area contributed by atoms with Gasteiger partial charge in [-0.2, -0.15) is 9.40 Å². The molecule has 8 nitrogen and oxygen atoms in total. The lowest BCUT2D eigenvalue weighted by molar-refractivity contribution is -0.115. The molecule has 1 fully saturated rings. The molecule has 0 unspecified atom stereocenters. The predicted molar refractivity (Wildman–Crippen MR) is 92.0 cm³/mol. The number of carbonyl (C=O) groups excluding carboxylic acids is 1. The van der Waals surface area contributed by atoms with Crippen molar-refractivity contribution in [3.63, 3.8) is 0 Å². The van der Waals surface area contributed by atoms with Gasteiger partial charge in [-0.1, -0.05) is 11.6 Å². The smallest absolute Gasteiger partial charge is 0.243 e. The number of carbonyl (C=O) groups is 1. The van der Waals surface area contributed by atoms with E-state index < -0.39 is 10.0 Å². The van der Waals surface area contributed by atoms with Crippen LogP contribution in [0.1, 0.15) is 5.69 Å². The highest BCUT2D eigenvalue weighted by Gasteiger charge is 2.27. The molecule has 2 heterocycles. The summed E-state index contributed by atoms with van der Waals surface area (Å²) >= 11 is 6.09. The molecule has 1 saturated heterocycles. The minimum absolute atomic E-state index is 0.0793. The molecule has 0 aliphatic carbocycles. The van der Waals surface area contributed by atoms with Crippen molar-refractivity contribution in [1.82, 2.24) is 14.5 Å². The van der Waals surface area contributed by atoms with Crippen molar-refractivity contribution in [1.29, 1.82) is 0 Å². The Kier molecular flexibility index (Phi) is 5.38. The lowest BCUT2D eigenvalue weighted by Crippen LogP contribution is -2.40. The van der Waals surface area contributed by atoms with E-state index in [9.17, 15) is 13.2 Å². The lowest BCUT2D eigenvalue weighted by atomic mass is 10.2. The molecular weight excluding hydrogens is 368 g/mol. The van der Waals surface area contributed by atoms with Crippen LogP contribution < -0.4 is 5.32 Å². The van der Waals surface area contributed by atoms with Gasteiger partial charge < -0.3 is 10.1 Å². The predicted octanol–water partition coefficient (Wildman–Crippen LogP) is 1.27. The van der Waals surface area contributed by atoms with Crippen LogP contribution in [0.2, 0.25) is 5.02 Å². The van der Waals surface area contributed by atoms with Gasteiger partial charge in [-0.25, -0.2) is 8.42 Å². The van der Waals surface area contributed by atoms with Gasteiger partial charge in [0.1, 0.15) is 0 Å². The van der Waals surface area contributed by atoms with Gasteiger partial charge in [0.2, 0.25) is 15.9 Å². The SMILES string of the molecule is O=C(Cc1ccn[nH]1)Nc1cc(S(=O)(=O)N2CCOCC2)ccc1Cl. The number of nitrogens with zero attached hydrogens (tertiary/aromatic N) is 2. The van der Waals surface area contributed by atoms with E-state index in [1.54, 1.807) is 12.3 Å². The van der Waals surface area contributed by atoms with E-state index in [0.717, 1.165) is 0 Å². The van der Waals surface area contributed by atoms with Crippen molar-refractivity contribution in [3.05, 3.63) is 41.2 Å². The molecule has 1 aliphatic rings. The van der Waals surface area contributed by atoms with E-state index in [1.807, 2.05) is 0 Å². The molecule has 0 atom stereocenters. The number of aromatic nitrogens is 2. The molecule has 1 aromatic carbocycles. The van der Waals surface area contributed by atoms with E-state index >= 15 is 0 Å². The average Bonchev–Trinajstić information content (AvgIpc) is 3.10. The van der Waals surface area contributed by atoms with E-state index in [0.29, 0.717) is 32.0 Å². The minimum Gasteiger partial charge on any atom is -0.379 e. The van der Waals surface area contributed by atoms with Gasteiger partial charge in [-0.05, 0) is 24.3 Å². The number of hydrogen-bond acceptors (Lipinski definition) is 5. The highest BCUT2D eigenvalue weighted by atomic mass is 35.5. The highest BCUT2D eigenvalue weighted by molar-refractivity contribution is 7.89. The monoisotopic (exact) mass is 384 g/mol. The van der Waals surface area contributed by atoms with Gasteiger partial charge in [0.05, 0.1) is 35.2 Å². The van der Waals surface area contributed by atoms with Gasteiger partial charge in [-0.3, -0.25) is 9.89 Å². The number of hydrogen-bond donors (Lipinski definition) is 2. The molecule has 0 saturated carbocycles. The third-order valence-electron chi connectivity index (χ3n) is 3.73. The number of amides is 1. The zero-order valence-electron chi connectivity index (χ0n) is 13.2. The molecular formula is C15H17ClN4O4S. The molecule has 2 aromatic rings. The van der Waals surface area contributed by atoms with Crippen LogP contribution in [-0.4, -0.2) is 55.1 Å². The number of sulfonamides is 1. The number of rotatable bonds is 5. The maximum atomic E-state index is 12.7. The van der Waals surface area contributed by atoms with Crippen LogP contribution in [0.4, 0.5) is 5.69 Å². The standard InChI is InChI=1S/C15H17ClN4O4S/c16-13-2-1-12(25(22,23)20-5-7-24-8-6-20)10-14(13)18-15(21)9-11-3-4-17-19-11/h1-4,10H,5-9H2,(H,17,19)(H,18,21). The van der Waals surface area contributed by atoms with Gasteiger partial charge in [0.25, 0.3) is 0 Å². The Labute approximate surface area is 150 Å². The van der Waals surface area contributed by atoms with E-state index in [2.05, 4.69) is 15.5 Å². The Morgan fingerprint density at radius 3 is 2.76 bits per heavy atom. The van der Waals surface area contributed by atoms with Crippen LogP contribution in [0.3, 0.4) is 0 Å². The number of morpholine rings is 1. The van der Waals surface area contributed by atoms with Crippen LogP contribution in [0, 0.1) is 0 Å². The molecule has 1 amide bonds. The first kappa shape index (κ1) is 17.9. The first-order valence-electron chi connectivity index (χ1n) is 7.62. The van der Waals surface area contributed by atoms with E-state index in [-0.39, 0.29) is 27.9 Å². The van der Waals surface area contributed by atoms with E-state index in [1.165, 1.54) is 22.5 Å². The van der Waals surface area contributed by atoms with Crippen molar-refractivity contribution >= 4 is 33.2 Å². The normalized spacial score (nSPS) is 15.9. The zero-order chi connectivity index (χ0) is 17.9. The fourth-order valence-corrected chi connectivity index (χ4v) is 4.05. The van der Waals surface area contributed by atoms with Crippen LogP contribution in [-0.2, 0) is 26.0 Å². The summed E-state index contributed by atoms with van der Waals surface area (Å²) in [6.45, 7) is 1.32. The number of ether oxygens (including phenoxy) is 1. The van der Waals surface area contributed by atoms with Crippen molar-refractivity contribution in [3.8, 4) is 0 Å². The second-order valence-corrected chi connectivity index (χ2v) is 7.81. The highest BCUT2D eigenvalue weighted by Crippen LogP contribution is 2.27. The quantitative estimate of drug-likeness (QED) is 0.807. The Hall–Kier alpha value is -1.94. The third-order valence-corrected chi connectivity index (χ3v) is 5.95. The van der Waals surface area contributed by atoms with Gasteiger partial charge in [0, 0.05) is 25.0 Å². The Morgan fingerprint density at radius 1 is 1.32 bits per heavy atom. The van der Waals surface area contributed by atoms with Crippen LogP contribution in [0.25, 0.3) is 0 Å². The fourth-order valence-electron chi connectivity index (χ4n) is 2.45. The Balaban J connectivity index is 1.79. The molecule has 2 N–H and O–H groups in total. The number of nitrogens with one attached hydrogen (secondary N) is 2. The molecule has 1 aliphatic heterocycles. The first-order chi connectivity index (χ1) is 12.0. The summed E-state index contributed by atoms with van der Waals surface area (Å²) in [7, 11) is -3.66. The minimum atomic E-state index is -3.66. The van der Waals surface area contributed by atoms with Crippen LogP contribution in [0.15, 0.2) is 35.4 Å². The second kappa shape index (κ2) is 7.52. The van der Waals surface area contributed by atoms with Gasteiger partial charge >= 0.3 is 0 Å². The first-order valence-corrected chi connectivity index (χ1v) is 9.44. The van der Waals surface area contributed by atoms with Gasteiger partial charge in [-0.15, -0.1) is 0 Å². The summed E-state index contributed by atoms with van der Waals surface area (Å²) in [4.78, 5) is 12.2. The summed E-state index contributed by atoms with van der Waals surface area (Å²) in [6, 6.07) is 5.94. The summed E-state index contributed by atoms with van der Waals surface area (Å²) in [5, 5.41) is 9.36. The molecule has 134 valence electrons. The summed E-state index contributed by atoms with van der Waals surface area (Å²) in [5.74, 6) is -0.327. The Morgan fingerprint density at radius 2 is 2.08 bits per heavy atom. The van der Waals surface area contributed by atoms with Crippen LogP contribution >= 0.6 is 11.6 Å². The summed E-state index contributed by atoms with van der Waals surface area (Å²) < 4.78 is 31.9. The third kappa shape index (κ3) is 4.18. The largest absolute Gasteiger partial charge is 0.379 e. The number of H-pyrrole nitrogens is 1. The fraction of sp³-hybridized carbons (Fsp3) is 0.333. The zero-order valence-corrected chi connectivity index (χ0v) is 14.8. The molecule has 1 aromatic heterocycles. The van der Waals surface area contributed by atoms with E-state index in [4.69, 9.17) is 16.3 Å². The number of aromatic amines is 1. The van der Waals surface area contributed by atoms with Crippen LogP contribution in [0.5, 0.6) is 0 Å². The Bertz CT molecular complexity index is 848.